The van der Waals surface area contributed by atoms with Crippen molar-refractivity contribution < 1.29 is 17.6 Å². The van der Waals surface area contributed by atoms with Crippen molar-refractivity contribution >= 4 is 15.9 Å². The van der Waals surface area contributed by atoms with E-state index < -0.39 is 15.8 Å². The molecule has 140 valence electrons. The zero-order valence-electron chi connectivity index (χ0n) is 14.9. The van der Waals surface area contributed by atoms with Gasteiger partial charge in [-0.05, 0) is 58.0 Å². The summed E-state index contributed by atoms with van der Waals surface area (Å²) in [6.45, 7) is 5.49. The summed E-state index contributed by atoms with van der Waals surface area (Å²) in [5.41, 5.74) is 0. The van der Waals surface area contributed by atoms with Gasteiger partial charge in [0.1, 0.15) is 5.82 Å². The zero-order chi connectivity index (χ0) is 18.6. The first-order valence-corrected chi connectivity index (χ1v) is 9.93. The molecule has 0 saturated carbocycles. The lowest BCUT2D eigenvalue weighted by molar-refractivity contribution is -0.133. The highest BCUT2D eigenvalue weighted by Crippen LogP contribution is 2.16. The van der Waals surface area contributed by atoms with E-state index in [2.05, 4.69) is 4.72 Å². The van der Waals surface area contributed by atoms with Gasteiger partial charge in [0.05, 0.1) is 11.4 Å². The largest absolute Gasteiger partial charge is 0.341 e. The Bertz CT molecular complexity index is 684. The lowest BCUT2D eigenvalue weighted by Crippen LogP contribution is -2.49. The molecule has 0 bridgehead atoms. The molecule has 0 unspecified atom stereocenters. The molecule has 1 aromatic rings. The molecule has 6 nitrogen and oxygen atoms in total. The molecule has 0 aliphatic carbocycles. The lowest BCUT2D eigenvalue weighted by Gasteiger charge is -2.33. The van der Waals surface area contributed by atoms with E-state index in [0.29, 0.717) is 38.5 Å². The summed E-state index contributed by atoms with van der Waals surface area (Å²) in [6.07, 6.45) is 1.13. The van der Waals surface area contributed by atoms with E-state index in [1.54, 1.807) is 4.90 Å². The van der Waals surface area contributed by atoms with Crippen molar-refractivity contribution in [1.29, 1.82) is 0 Å². The number of benzene rings is 1. The van der Waals surface area contributed by atoms with E-state index in [-0.39, 0.29) is 16.8 Å². The zero-order valence-corrected chi connectivity index (χ0v) is 15.7. The predicted octanol–water partition coefficient (Wildman–Crippen LogP) is 1.44. The molecule has 1 saturated heterocycles. The molecule has 0 radical (unpaired) electrons. The van der Waals surface area contributed by atoms with Crippen LogP contribution in [0.4, 0.5) is 4.39 Å². The van der Waals surface area contributed by atoms with Crippen LogP contribution >= 0.6 is 0 Å². The molecule has 1 aromatic carbocycles. The third kappa shape index (κ3) is 5.49. The maximum absolute atomic E-state index is 12.9. The van der Waals surface area contributed by atoms with Crippen LogP contribution in [0.5, 0.6) is 0 Å². The Kier molecular flexibility index (Phi) is 6.53. The minimum absolute atomic E-state index is 0.0472. The number of carbonyl (C=O) groups is 1. The van der Waals surface area contributed by atoms with Crippen molar-refractivity contribution in [3.8, 4) is 0 Å². The molecule has 0 atom stereocenters. The number of likely N-dealkylation sites (tertiary alicyclic amines) is 1. The van der Waals surface area contributed by atoms with E-state index >= 15 is 0 Å². The second-order valence-electron chi connectivity index (χ2n) is 6.74. The highest BCUT2D eigenvalue weighted by Gasteiger charge is 2.27. The van der Waals surface area contributed by atoms with Gasteiger partial charge in [0.25, 0.3) is 0 Å². The van der Waals surface area contributed by atoms with Crippen LogP contribution in [-0.2, 0) is 14.8 Å². The van der Waals surface area contributed by atoms with Gasteiger partial charge >= 0.3 is 0 Å². The second kappa shape index (κ2) is 8.25. The van der Waals surface area contributed by atoms with Crippen molar-refractivity contribution in [2.45, 2.75) is 43.7 Å². The molecule has 25 heavy (non-hydrogen) atoms. The number of hydrogen-bond donors (Lipinski definition) is 1. The summed E-state index contributed by atoms with van der Waals surface area (Å²) in [4.78, 5) is 16.1. The normalized spacial score (nSPS) is 16.6. The standard InChI is InChI=1S/C17H26FN3O3S/c1-13(2)20(3)12-17(22)21-10-8-15(9-11-21)19-25(23,24)16-6-4-14(18)5-7-16/h4-7,13,15,19H,8-12H2,1-3H3. The van der Waals surface area contributed by atoms with Gasteiger partial charge in [-0.3, -0.25) is 9.69 Å². The van der Waals surface area contributed by atoms with Gasteiger partial charge in [-0.25, -0.2) is 17.5 Å². The number of nitrogens with one attached hydrogen (secondary N) is 1. The molecule has 1 amide bonds. The Morgan fingerprint density at radius 3 is 2.36 bits per heavy atom. The van der Waals surface area contributed by atoms with E-state index in [1.807, 2.05) is 25.8 Å². The second-order valence-corrected chi connectivity index (χ2v) is 8.45. The van der Waals surface area contributed by atoms with Gasteiger partial charge in [0.2, 0.25) is 15.9 Å². The van der Waals surface area contributed by atoms with Gasteiger partial charge < -0.3 is 4.90 Å². The lowest BCUT2D eigenvalue weighted by atomic mass is 10.1. The fourth-order valence-electron chi connectivity index (χ4n) is 2.64. The minimum Gasteiger partial charge on any atom is -0.341 e. The van der Waals surface area contributed by atoms with Gasteiger partial charge in [-0.1, -0.05) is 0 Å². The van der Waals surface area contributed by atoms with Gasteiger partial charge in [-0.2, -0.15) is 0 Å². The molecule has 1 fully saturated rings. The monoisotopic (exact) mass is 371 g/mol. The first kappa shape index (κ1) is 19.8. The van der Waals surface area contributed by atoms with Crippen LogP contribution in [0, 0.1) is 5.82 Å². The molecule has 1 aliphatic heterocycles. The highest BCUT2D eigenvalue weighted by molar-refractivity contribution is 7.89. The third-order valence-electron chi connectivity index (χ3n) is 4.56. The number of rotatable bonds is 6. The van der Waals surface area contributed by atoms with Crippen LogP contribution in [0.2, 0.25) is 0 Å². The molecule has 1 heterocycles. The van der Waals surface area contributed by atoms with Crippen LogP contribution in [0.3, 0.4) is 0 Å². The number of piperidine rings is 1. The summed E-state index contributed by atoms with van der Waals surface area (Å²) in [7, 11) is -1.76. The quantitative estimate of drug-likeness (QED) is 0.821. The van der Waals surface area contributed by atoms with Gasteiger partial charge in [0.15, 0.2) is 0 Å². The van der Waals surface area contributed by atoms with Crippen molar-refractivity contribution in [2.24, 2.45) is 0 Å². The summed E-state index contributed by atoms with van der Waals surface area (Å²) >= 11 is 0. The highest BCUT2D eigenvalue weighted by atomic mass is 32.2. The Morgan fingerprint density at radius 2 is 1.84 bits per heavy atom. The van der Waals surface area contributed by atoms with Crippen molar-refractivity contribution in [1.82, 2.24) is 14.5 Å². The van der Waals surface area contributed by atoms with Gasteiger partial charge in [-0.15, -0.1) is 0 Å². The Morgan fingerprint density at radius 1 is 1.28 bits per heavy atom. The Hall–Kier alpha value is -1.51. The maximum atomic E-state index is 12.9. The minimum atomic E-state index is -3.67. The Balaban J connectivity index is 1.87. The van der Waals surface area contributed by atoms with E-state index in [9.17, 15) is 17.6 Å². The number of amides is 1. The number of sulfonamides is 1. The molecule has 8 heteroatoms. The van der Waals surface area contributed by atoms with Gasteiger partial charge in [0, 0.05) is 25.2 Å². The first-order valence-electron chi connectivity index (χ1n) is 8.45. The SMILES string of the molecule is CC(C)N(C)CC(=O)N1CCC(NS(=O)(=O)c2ccc(F)cc2)CC1. The molecule has 0 aromatic heterocycles. The smallest absolute Gasteiger partial charge is 0.240 e. The van der Waals surface area contributed by atoms with Crippen LogP contribution in [0.15, 0.2) is 29.2 Å². The molecule has 2 rings (SSSR count). The number of carbonyl (C=O) groups excluding carboxylic acids is 1. The van der Waals surface area contributed by atoms with Crippen LogP contribution < -0.4 is 4.72 Å². The van der Waals surface area contributed by atoms with E-state index in [0.717, 1.165) is 12.1 Å². The summed E-state index contributed by atoms with van der Waals surface area (Å²) in [6, 6.07) is 4.82. The van der Waals surface area contributed by atoms with Crippen LogP contribution in [0.1, 0.15) is 26.7 Å². The summed E-state index contributed by atoms with van der Waals surface area (Å²) < 4.78 is 40.2. The fraction of sp³-hybridized carbons (Fsp3) is 0.588. The van der Waals surface area contributed by atoms with E-state index in [4.69, 9.17) is 0 Å². The third-order valence-corrected chi connectivity index (χ3v) is 6.10. The summed E-state index contributed by atoms with van der Waals surface area (Å²) in [5.74, 6) is -0.409. The van der Waals surface area contributed by atoms with Crippen LogP contribution in [0.25, 0.3) is 0 Å². The molecular formula is C17H26FN3O3S. The molecular weight excluding hydrogens is 345 g/mol. The van der Waals surface area contributed by atoms with Crippen LogP contribution in [-0.4, -0.2) is 62.9 Å². The Labute approximate surface area is 149 Å². The fourth-order valence-corrected chi connectivity index (χ4v) is 3.95. The van der Waals surface area contributed by atoms with Crippen molar-refractivity contribution in [2.75, 3.05) is 26.7 Å². The van der Waals surface area contributed by atoms with Crippen molar-refractivity contribution in [3.05, 3.63) is 30.1 Å². The molecule has 1 aliphatic rings. The topological polar surface area (TPSA) is 69.7 Å². The molecule has 1 N–H and O–H groups in total. The number of likely N-dealkylation sites (N-methyl/N-ethyl adjacent to an activating group) is 1. The predicted molar refractivity (Wildman–Crippen MR) is 94.1 cm³/mol. The average molecular weight is 371 g/mol. The number of halogens is 1. The summed E-state index contributed by atoms with van der Waals surface area (Å²) in [5, 5.41) is 0. The molecule has 0 spiro atoms. The van der Waals surface area contributed by atoms with Crippen molar-refractivity contribution in [3.63, 3.8) is 0 Å². The number of hydrogen-bond acceptors (Lipinski definition) is 4. The maximum Gasteiger partial charge on any atom is 0.240 e. The van der Waals surface area contributed by atoms with E-state index in [1.165, 1.54) is 12.1 Å². The first-order chi connectivity index (χ1) is 11.7. The average Bonchev–Trinajstić information content (AvgIpc) is 2.55. The number of nitrogens with zero attached hydrogens (tertiary/aromatic N) is 2.